The van der Waals surface area contributed by atoms with Gasteiger partial charge in [-0.05, 0) is 46.2 Å². The van der Waals surface area contributed by atoms with E-state index in [2.05, 4.69) is 12.1 Å². The Bertz CT molecular complexity index is 1730. The van der Waals surface area contributed by atoms with Gasteiger partial charge in [0.2, 0.25) is 0 Å². The third-order valence-electron chi connectivity index (χ3n) is 8.20. The lowest BCUT2D eigenvalue weighted by molar-refractivity contribution is 0.0901. The van der Waals surface area contributed by atoms with Gasteiger partial charge in [0.1, 0.15) is 11.5 Å². The second-order valence-electron chi connectivity index (χ2n) is 11.3. The van der Waals surface area contributed by atoms with E-state index in [4.69, 9.17) is 9.47 Å². The van der Waals surface area contributed by atoms with Crippen molar-refractivity contribution in [2.75, 3.05) is 13.2 Å². The molecule has 0 amide bonds. The van der Waals surface area contributed by atoms with Gasteiger partial charge in [0.25, 0.3) is 0 Å². The number of unbranched alkanes of at least 4 members (excludes halogenated alkanes) is 1. The summed E-state index contributed by atoms with van der Waals surface area (Å²) in [4.78, 5) is 0. The highest BCUT2D eigenvalue weighted by atomic mass is 16.5. The molecular formula is C42H38O4. The predicted molar refractivity (Wildman–Crippen MR) is 187 cm³/mol. The monoisotopic (exact) mass is 606 g/mol. The topological polar surface area (TPSA) is 58.9 Å². The van der Waals surface area contributed by atoms with Crippen molar-refractivity contribution in [3.63, 3.8) is 0 Å². The molecule has 0 heterocycles. The number of para-hydroxylation sites is 2. The first-order valence-electron chi connectivity index (χ1n) is 15.8. The van der Waals surface area contributed by atoms with Crippen molar-refractivity contribution in [2.24, 2.45) is 0 Å². The molecule has 230 valence electrons. The Morgan fingerprint density at radius 3 is 1.13 bits per heavy atom. The molecule has 0 fully saturated rings. The summed E-state index contributed by atoms with van der Waals surface area (Å²) in [6, 6.07) is 47.8. The van der Waals surface area contributed by atoms with Gasteiger partial charge in [-0.1, -0.05) is 146 Å². The normalized spacial score (nSPS) is 11.0. The van der Waals surface area contributed by atoms with E-state index in [-0.39, 0.29) is 11.5 Å². The van der Waals surface area contributed by atoms with Gasteiger partial charge in [-0.3, -0.25) is 0 Å². The smallest absolute Gasteiger partial charge is 0.131 e. The lowest BCUT2D eigenvalue weighted by Crippen LogP contribution is -2.01. The van der Waals surface area contributed by atoms with E-state index >= 15 is 0 Å². The van der Waals surface area contributed by atoms with Crippen LogP contribution in [0.2, 0.25) is 0 Å². The van der Waals surface area contributed by atoms with Crippen LogP contribution in [0.5, 0.6) is 11.5 Å². The van der Waals surface area contributed by atoms with Crippen LogP contribution in [0.15, 0.2) is 146 Å². The fourth-order valence-electron chi connectivity index (χ4n) is 5.81. The zero-order valence-electron chi connectivity index (χ0n) is 25.8. The van der Waals surface area contributed by atoms with Crippen LogP contribution in [0.1, 0.15) is 24.0 Å². The predicted octanol–water partition coefficient (Wildman–Crippen LogP) is 10.3. The van der Waals surface area contributed by atoms with Gasteiger partial charge in [0, 0.05) is 35.5 Å². The summed E-state index contributed by atoms with van der Waals surface area (Å²) in [6.07, 6.45) is 1.75. The largest absolute Gasteiger partial charge is 0.507 e. The molecule has 0 atom stereocenters. The number of rotatable bonds is 13. The summed E-state index contributed by atoms with van der Waals surface area (Å²) < 4.78 is 12.1. The average molecular weight is 607 g/mol. The Labute approximate surface area is 271 Å². The standard InChI is InChI=1S/C42H38O4/c43-41-37(31-15-3-1-4-16-31)23-13-25-39(41)35-21-9-7-19-33(35)29-45-27-11-12-28-46-30-34-20-8-10-22-36(34)40-26-14-24-38(42(40)44)32-17-5-2-6-18-32/h1-10,13-26,43-44H,11-12,27-30H2. The van der Waals surface area contributed by atoms with Crippen molar-refractivity contribution in [2.45, 2.75) is 26.1 Å². The van der Waals surface area contributed by atoms with Crippen LogP contribution in [0, 0.1) is 0 Å². The highest BCUT2D eigenvalue weighted by Gasteiger charge is 2.15. The molecule has 0 saturated heterocycles. The zero-order chi connectivity index (χ0) is 31.6. The molecule has 0 aliphatic rings. The average Bonchev–Trinajstić information content (AvgIpc) is 3.11. The van der Waals surface area contributed by atoms with Crippen molar-refractivity contribution in [3.8, 4) is 56.0 Å². The number of hydrogen-bond donors (Lipinski definition) is 2. The maximum atomic E-state index is 11.2. The Balaban J connectivity index is 1.01. The first-order chi connectivity index (χ1) is 22.7. The molecule has 0 aromatic heterocycles. The van der Waals surface area contributed by atoms with E-state index in [0.717, 1.165) is 68.5 Å². The van der Waals surface area contributed by atoms with Crippen LogP contribution in [0.4, 0.5) is 0 Å². The van der Waals surface area contributed by atoms with Crippen LogP contribution in [0.3, 0.4) is 0 Å². The summed E-state index contributed by atoms with van der Waals surface area (Å²) in [6.45, 7) is 2.16. The molecule has 0 aliphatic carbocycles. The maximum Gasteiger partial charge on any atom is 0.131 e. The van der Waals surface area contributed by atoms with Crippen molar-refractivity contribution >= 4 is 0 Å². The first-order valence-corrected chi connectivity index (χ1v) is 15.8. The Morgan fingerprint density at radius 2 is 0.696 bits per heavy atom. The second-order valence-corrected chi connectivity index (χ2v) is 11.3. The number of hydrogen-bond acceptors (Lipinski definition) is 4. The van der Waals surface area contributed by atoms with E-state index in [1.54, 1.807) is 0 Å². The van der Waals surface area contributed by atoms with E-state index in [1.807, 2.05) is 133 Å². The first kappa shape index (κ1) is 30.8. The lowest BCUT2D eigenvalue weighted by Gasteiger charge is -2.15. The molecule has 6 aromatic carbocycles. The van der Waals surface area contributed by atoms with Crippen LogP contribution in [-0.2, 0) is 22.7 Å². The van der Waals surface area contributed by atoms with Crippen LogP contribution < -0.4 is 0 Å². The minimum Gasteiger partial charge on any atom is -0.507 e. The Kier molecular flexibility index (Phi) is 10.2. The van der Waals surface area contributed by atoms with Gasteiger partial charge in [-0.15, -0.1) is 0 Å². The highest BCUT2D eigenvalue weighted by molar-refractivity contribution is 5.84. The third kappa shape index (κ3) is 7.21. The molecule has 4 heteroatoms. The van der Waals surface area contributed by atoms with Gasteiger partial charge in [0.05, 0.1) is 13.2 Å². The van der Waals surface area contributed by atoms with E-state index in [0.29, 0.717) is 26.4 Å². The highest BCUT2D eigenvalue weighted by Crippen LogP contribution is 2.40. The SMILES string of the molecule is Oc1c(-c2ccccc2)cccc1-c1ccccc1COCCCCOCc1ccccc1-c1cccc(-c2ccccc2)c1O. The molecule has 0 unspecified atom stereocenters. The van der Waals surface area contributed by atoms with E-state index in [1.165, 1.54) is 0 Å². The molecular weight excluding hydrogens is 568 g/mol. The molecule has 0 saturated carbocycles. The molecule has 0 radical (unpaired) electrons. The van der Waals surface area contributed by atoms with Crippen LogP contribution in [0.25, 0.3) is 44.5 Å². The van der Waals surface area contributed by atoms with Crippen LogP contribution in [-0.4, -0.2) is 23.4 Å². The summed E-state index contributed by atoms with van der Waals surface area (Å²) in [7, 11) is 0. The second kappa shape index (κ2) is 15.2. The molecule has 6 rings (SSSR count). The number of phenols is 2. The van der Waals surface area contributed by atoms with Crippen molar-refractivity contribution in [1.82, 2.24) is 0 Å². The van der Waals surface area contributed by atoms with Crippen LogP contribution >= 0.6 is 0 Å². The number of benzene rings is 6. The summed E-state index contributed by atoms with van der Waals surface area (Å²) in [5, 5.41) is 22.4. The number of aromatic hydroxyl groups is 2. The van der Waals surface area contributed by atoms with E-state index < -0.39 is 0 Å². The molecule has 2 N–H and O–H groups in total. The van der Waals surface area contributed by atoms with Crippen molar-refractivity contribution < 1.29 is 19.7 Å². The third-order valence-corrected chi connectivity index (χ3v) is 8.20. The van der Waals surface area contributed by atoms with Gasteiger partial charge < -0.3 is 19.7 Å². The van der Waals surface area contributed by atoms with Gasteiger partial charge in [0.15, 0.2) is 0 Å². The Morgan fingerprint density at radius 1 is 0.348 bits per heavy atom. The molecule has 0 aliphatic heterocycles. The quantitative estimate of drug-likeness (QED) is 0.128. The molecule has 0 spiro atoms. The van der Waals surface area contributed by atoms with Crippen molar-refractivity contribution in [1.29, 1.82) is 0 Å². The minimum atomic E-state index is 0.277. The number of phenolic OH excluding ortho intramolecular Hbond substituents is 2. The molecule has 6 aromatic rings. The Hall–Kier alpha value is -5.16. The minimum absolute atomic E-state index is 0.277. The molecule has 46 heavy (non-hydrogen) atoms. The maximum absolute atomic E-state index is 11.2. The van der Waals surface area contributed by atoms with E-state index in [9.17, 15) is 10.2 Å². The fourth-order valence-corrected chi connectivity index (χ4v) is 5.81. The van der Waals surface area contributed by atoms with Crippen molar-refractivity contribution in [3.05, 3.63) is 157 Å². The lowest BCUT2D eigenvalue weighted by atomic mass is 9.94. The van der Waals surface area contributed by atoms with Gasteiger partial charge >= 0.3 is 0 Å². The molecule has 4 nitrogen and oxygen atoms in total. The number of ether oxygens (including phenoxy) is 2. The summed E-state index contributed by atoms with van der Waals surface area (Å²) in [5.74, 6) is 0.554. The van der Waals surface area contributed by atoms with Gasteiger partial charge in [-0.2, -0.15) is 0 Å². The zero-order valence-corrected chi connectivity index (χ0v) is 25.8. The van der Waals surface area contributed by atoms with Gasteiger partial charge in [-0.25, -0.2) is 0 Å². The summed E-state index contributed by atoms with van der Waals surface area (Å²) >= 11 is 0. The fraction of sp³-hybridized carbons (Fsp3) is 0.143. The molecule has 0 bridgehead atoms. The summed E-state index contributed by atoms with van der Waals surface area (Å²) in [5.41, 5.74) is 9.21.